The van der Waals surface area contributed by atoms with E-state index in [1.807, 2.05) is 31.5 Å². The van der Waals surface area contributed by atoms with E-state index in [2.05, 4.69) is 32.2 Å². The number of likely N-dealkylation sites (tertiary alicyclic amines) is 2. The summed E-state index contributed by atoms with van der Waals surface area (Å²) in [5.41, 5.74) is 1.34. The number of aromatic nitrogens is 1. The van der Waals surface area contributed by atoms with Crippen molar-refractivity contribution in [3.8, 4) is 0 Å². The van der Waals surface area contributed by atoms with Gasteiger partial charge in [0.25, 0.3) is 0 Å². The van der Waals surface area contributed by atoms with Gasteiger partial charge in [0.05, 0.1) is 5.92 Å². The Kier molecular flexibility index (Phi) is 7.18. The largest absolute Gasteiger partial charge is 0.466 e. The van der Waals surface area contributed by atoms with Gasteiger partial charge >= 0.3 is 0 Å². The minimum atomic E-state index is 0.118. The highest BCUT2D eigenvalue weighted by atomic mass is 16.3. The second kappa shape index (κ2) is 10.2. The van der Waals surface area contributed by atoms with Gasteiger partial charge in [-0.05, 0) is 82.1 Å². The summed E-state index contributed by atoms with van der Waals surface area (Å²) in [5, 5.41) is 3.13. The molecule has 4 heterocycles. The van der Waals surface area contributed by atoms with Gasteiger partial charge in [-0.1, -0.05) is 0 Å². The molecule has 2 saturated heterocycles. The Morgan fingerprint density at radius 1 is 1.13 bits per heavy atom. The van der Waals surface area contributed by atoms with Crippen LogP contribution in [0.25, 0.3) is 0 Å². The number of carbonyl (C=O) groups excluding carboxylic acids is 1. The number of aryl methyl sites for hydroxylation is 1. The van der Waals surface area contributed by atoms with Crippen LogP contribution in [-0.4, -0.2) is 59.5 Å². The van der Waals surface area contributed by atoms with Gasteiger partial charge in [-0.25, -0.2) is 0 Å². The number of nitrogens with one attached hydrogen (secondary N) is 1. The van der Waals surface area contributed by atoms with Crippen molar-refractivity contribution in [3.63, 3.8) is 0 Å². The van der Waals surface area contributed by atoms with Crippen LogP contribution >= 0.6 is 0 Å². The number of pyridine rings is 1. The monoisotopic (exact) mass is 410 g/mol. The second-order valence-electron chi connectivity index (χ2n) is 8.75. The molecule has 6 nitrogen and oxygen atoms in total. The average molecular weight is 411 g/mol. The molecule has 2 aromatic rings. The number of hydrogen-bond acceptors (Lipinski definition) is 5. The third-order valence-electron chi connectivity index (χ3n) is 6.52. The van der Waals surface area contributed by atoms with E-state index in [0.717, 1.165) is 63.5 Å². The molecular formula is C24H34N4O2. The van der Waals surface area contributed by atoms with E-state index in [-0.39, 0.29) is 11.8 Å². The summed E-state index contributed by atoms with van der Waals surface area (Å²) in [6.07, 6.45) is 9.00. The second-order valence-corrected chi connectivity index (χ2v) is 8.75. The fourth-order valence-electron chi connectivity index (χ4n) is 4.81. The number of piperidine rings is 2. The summed E-state index contributed by atoms with van der Waals surface area (Å²) in [6.45, 7) is 7.89. The Bertz CT molecular complexity index is 799. The Hall–Kier alpha value is -2.18. The van der Waals surface area contributed by atoms with E-state index < -0.39 is 0 Å². The smallest absolute Gasteiger partial charge is 0.224 e. The molecule has 1 atom stereocenters. The van der Waals surface area contributed by atoms with E-state index in [1.165, 1.54) is 18.4 Å². The van der Waals surface area contributed by atoms with Gasteiger partial charge in [-0.15, -0.1) is 0 Å². The van der Waals surface area contributed by atoms with Crippen molar-refractivity contribution >= 4 is 5.91 Å². The van der Waals surface area contributed by atoms with Gasteiger partial charge in [-0.2, -0.15) is 0 Å². The molecule has 2 fully saturated rings. The van der Waals surface area contributed by atoms with Crippen molar-refractivity contribution in [2.24, 2.45) is 5.92 Å². The number of rotatable bonds is 7. The lowest BCUT2D eigenvalue weighted by Gasteiger charge is -2.42. The van der Waals surface area contributed by atoms with Crippen molar-refractivity contribution in [3.05, 3.63) is 53.7 Å². The minimum absolute atomic E-state index is 0.118. The Balaban J connectivity index is 1.19. The SMILES string of the molecule is Cc1ccc(CCNC(=O)[C@@H]2CCCN(C3CCN(Cc4ccncc4)CC3)C2)o1. The molecule has 0 unspecified atom stereocenters. The van der Waals surface area contributed by atoms with Crippen LogP contribution in [0.15, 0.2) is 41.1 Å². The molecule has 0 radical (unpaired) electrons. The van der Waals surface area contributed by atoms with E-state index >= 15 is 0 Å². The summed E-state index contributed by atoms with van der Waals surface area (Å²) in [5.74, 6) is 2.19. The number of carbonyl (C=O) groups is 1. The quantitative estimate of drug-likeness (QED) is 0.760. The number of amides is 1. The molecule has 2 aliphatic heterocycles. The molecule has 0 spiro atoms. The van der Waals surface area contributed by atoms with Crippen LogP contribution in [0.2, 0.25) is 0 Å². The molecule has 162 valence electrons. The Labute approximate surface area is 179 Å². The molecule has 6 heteroatoms. The van der Waals surface area contributed by atoms with Crippen LogP contribution in [0, 0.1) is 12.8 Å². The van der Waals surface area contributed by atoms with E-state index in [0.29, 0.717) is 12.6 Å². The maximum atomic E-state index is 12.7. The molecule has 2 aromatic heterocycles. The van der Waals surface area contributed by atoms with Crippen LogP contribution in [0.5, 0.6) is 0 Å². The number of hydrogen-bond donors (Lipinski definition) is 1. The van der Waals surface area contributed by atoms with E-state index in [1.54, 1.807) is 0 Å². The lowest BCUT2D eigenvalue weighted by atomic mass is 9.93. The van der Waals surface area contributed by atoms with Gasteiger partial charge in [-0.3, -0.25) is 19.6 Å². The summed E-state index contributed by atoms with van der Waals surface area (Å²) in [7, 11) is 0. The van der Waals surface area contributed by atoms with Gasteiger partial charge in [0.15, 0.2) is 0 Å². The Morgan fingerprint density at radius 3 is 2.67 bits per heavy atom. The molecule has 0 aliphatic carbocycles. The van der Waals surface area contributed by atoms with Gasteiger partial charge < -0.3 is 9.73 Å². The van der Waals surface area contributed by atoms with Crippen molar-refractivity contribution in [1.29, 1.82) is 0 Å². The van der Waals surface area contributed by atoms with Gasteiger partial charge in [0.1, 0.15) is 11.5 Å². The molecule has 30 heavy (non-hydrogen) atoms. The van der Waals surface area contributed by atoms with Crippen LogP contribution in [0.3, 0.4) is 0 Å². The first-order valence-corrected chi connectivity index (χ1v) is 11.4. The number of furan rings is 1. The lowest BCUT2D eigenvalue weighted by molar-refractivity contribution is -0.127. The zero-order valence-electron chi connectivity index (χ0n) is 18.1. The fraction of sp³-hybridized carbons (Fsp3) is 0.583. The normalized spacial score (nSPS) is 21.6. The van der Waals surface area contributed by atoms with Crippen molar-refractivity contribution in [2.75, 3.05) is 32.7 Å². The summed E-state index contributed by atoms with van der Waals surface area (Å²) in [6, 6.07) is 8.78. The van der Waals surface area contributed by atoms with Crippen molar-refractivity contribution < 1.29 is 9.21 Å². The lowest BCUT2D eigenvalue weighted by Crippen LogP contribution is -2.50. The zero-order chi connectivity index (χ0) is 20.8. The molecule has 0 saturated carbocycles. The molecule has 2 aliphatic rings. The van der Waals surface area contributed by atoms with Gasteiger partial charge in [0.2, 0.25) is 5.91 Å². The predicted molar refractivity (Wildman–Crippen MR) is 117 cm³/mol. The highest BCUT2D eigenvalue weighted by Crippen LogP contribution is 2.24. The average Bonchev–Trinajstić information content (AvgIpc) is 3.20. The van der Waals surface area contributed by atoms with E-state index in [4.69, 9.17) is 4.42 Å². The number of nitrogens with zero attached hydrogens (tertiary/aromatic N) is 3. The molecule has 4 rings (SSSR count). The van der Waals surface area contributed by atoms with Crippen LogP contribution in [0.1, 0.15) is 42.8 Å². The topological polar surface area (TPSA) is 61.6 Å². The van der Waals surface area contributed by atoms with Crippen molar-refractivity contribution in [1.82, 2.24) is 20.1 Å². The zero-order valence-corrected chi connectivity index (χ0v) is 18.1. The van der Waals surface area contributed by atoms with Gasteiger partial charge in [0, 0.05) is 44.5 Å². The summed E-state index contributed by atoms with van der Waals surface area (Å²) < 4.78 is 5.59. The van der Waals surface area contributed by atoms with Crippen LogP contribution < -0.4 is 5.32 Å². The molecule has 1 N–H and O–H groups in total. The maximum Gasteiger partial charge on any atom is 0.224 e. The van der Waals surface area contributed by atoms with Crippen LogP contribution in [-0.2, 0) is 17.8 Å². The first-order chi connectivity index (χ1) is 14.7. The minimum Gasteiger partial charge on any atom is -0.466 e. The molecular weight excluding hydrogens is 376 g/mol. The third kappa shape index (κ3) is 5.70. The highest BCUT2D eigenvalue weighted by Gasteiger charge is 2.31. The summed E-state index contributed by atoms with van der Waals surface area (Å²) >= 11 is 0. The maximum absolute atomic E-state index is 12.7. The Morgan fingerprint density at radius 2 is 1.93 bits per heavy atom. The third-order valence-corrected chi connectivity index (χ3v) is 6.52. The summed E-state index contributed by atoms with van der Waals surface area (Å²) in [4.78, 5) is 21.9. The van der Waals surface area contributed by atoms with E-state index in [9.17, 15) is 4.79 Å². The predicted octanol–water partition coefficient (Wildman–Crippen LogP) is 3.02. The standard InChI is InChI=1S/C24H34N4O2/c1-19-4-5-23(30-19)8-13-26-24(29)21-3-2-14-28(18-21)22-9-15-27(16-10-22)17-20-6-11-25-12-7-20/h4-7,11-12,21-22H,2-3,8-10,13-18H2,1H3,(H,26,29)/t21-/m1/s1. The first kappa shape index (κ1) is 21.1. The molecule has 0 aromatic carbocycles. The fourth-order valence-corrected chi connectivity index (χ4v) is 4.81. The van der Waals surface area contributed by atoms with Crippen molar-refractivity contribution in [2.45, 2.75) is 51.6 Å². The molecule has 0 bridgehead atoms. The first-order valence-electron chi connectivity index (χ1n) is 11.4. The highest BCUT2D eigenvalue weighted by molar-refractivity contribution is 5.78. The van der Waals surface area contributed by atoms with Crippen LogP contribution in [0.4, 0.5) is 0 Å². The molecule has 1 amide bonds.